The molecule has 1 N–H and O–H groups in total. The van der Waals surface area contributed by atoms with Crippen molar-refractivity contribution in [1.29, 1.82) is 0 Å². The third-order valence-electron chi connectivity index (χ3n) is 4.02. The van der Waals surface area contributed by atoms with E-state index in [1.54, 1.807) is 0 Å². The molecule has 0 unspecified atom stereocenters. The number of aryl methyl sites for hydroxylation is 2. The molecule has 18 heavy (non-hydrogen) atoms. The summed E-state index contributed by atoms with van der Waals surface area (Å²) in [5.74, 6) is 0. The first-order chi connectivity index (χ1) is 8.68. The highest BCUT2D eigenvalue weighted by atomic mass is 15.3. The van der Waals surface area contributed by atoms with Crippen molar-refractivity contribution in [1.82, 2.24) is 20.0 Å². The van der Waals surface area contributed by atoms with Gasteiger partial charge in [0.2, 0.25) is 0 Å². The van der Waals surface area contributed by atoms with Crippen molar-refractivity contribution in [3.8, 4) is 0 Å². The molecule has 4 nitrogen and oxygen atoms in total. The number of hydrogen-bond acceptors (Lipinski definition) is 3. The van der Waals surface area contributed by atoms with Crippen LogP contribution >= 0.6 is 0 Å². The highest BCUT2D eigenvalue weighted by Crippen LogP contribution is 2.15. The molecule has 1 aliphatic heterocycles. The molecule has 0 atom stereocenters. The predicted molar refractivity (Wildman–Crippen MR) is 74.9 cm³/mol. The first-order valence-corrected chi connectivity index (χ1v) is 7.10. The third-order valence-corrected chi connectivity index (χ3v) is 4.02. The van der Waals surface area contributed by atoms with E-state index in [0.29, 0.717) is 0 Å². The fourth-order valence-electron chi connectivity index (χ4n) is 2.75. The fourth-order valence-corrected chi connectivity index (χ4v) is 2.75. The van der Waals surface area contributed by atoms with Gasteiger partial charge in [0.25, 0.3) is 0 Å². The molecule has 0 aliphatic carbocycles. The average molecular weight is 250 g/mol. The van der Waals surface area contributed by atoms with Gasteiger partial charge in [-0.2, -0.15) is 5.10 Å². The number of unbranched alkanes of at least 4 members (excludes halogenated alkanes) is 1. The van der Waals surface area contributed by atoms with Gasteiger partial charge in [-0.3, -0.25) is 4.68 Å². The molecule has 0 bridgehead atoms. The van der Waals surface area contributed by atoms with Crippen LogP contribution in [-0.4, -0.2) is 47.4 Å². The Morgan fingerprint density at radius 1 is 1.17 bits per heavy atom. The van der Waals surface area contributed by atoms with Gasteiger partial charge >= 0.3 is 0 Å². The number of hydrogen-bond donors (Lipinski definition) is 1. The SMILES string of the molecule is Cc1nn(C)c(C)c1CCCCN1CCNCC1. The Hall–Kier alpha value is -0.870. The van der Waals surface area contributed by atoms with Gasteiger partial charge in [-0.1, -0.05) is 0 Å². The van der Waals surface area contributed by atoms with Crippen LogP contribution in [0.1, 0.15) is 29.8 Å². The smallest absolute Gasteiger partial charge is 0.0628 e. The standard InChI is InChI=1S/C14H26N4/c1-12-14(13(2)17(3)16-12)6-4-5-9-18-10-7-15-8-11-18/h15H,4-11H2,1-3H3. The van der Waals surface area contributed by atoms with Gasteiger partial charge < -0.3 is 10.2 Å². The summed E-state index contributed by atoms with van der Waals surface area (Å²) in [6.45, 7) is 10.3. The maximum atomic E-state index is 4.48. The second-order valence-electron chi connectivity index (χ2n) is 5.32. The Balaban J connectivity index is 1.71. The van der Waals surface area contributed by atoms with Crippen LogP contribution in [0, 0.1) is 13.8 Å². The molecule has 2 rings (SSSR count). The molecule has 0 radical (unpaired) electrons. The topological polar surface area (TPSA) is 33.1 Å². The Labute approximate surface area is 110 Å². The van der Waals surface area contributed by atoms with Crippen molar-refractivity contribution in [2.45, 2.75) is 33.1 Å². The molecule has 2 heterocycles. The summed E-state index contributed by atoms with van der Waals surface area (Å²) < 4.78 is 2.00. The zero-order chi connectivity index (χ0) is 13.0. The summed E-state index contributed by atoms with van der Waals surface area (Å²) in [7, 11) is 2.03. The van der Waals surface area contributed by atoms with Crippen LogP contribution in [0.2, 0.25) is 0 Å². The van der Waals surface area contributed by atoms with E-state index in [0.717, 1.165) is 13.1 Å². The van der Waals surface area contributed by atoms with E-state index in [1.165, 1.54) is 55.8 Å². The van der Waals surface area contributed by atoms with Crippen LogP contribution in [0.15, 0.2) is 0 Å². The van der Waals surface area contributed by atoms with Crippen LogP contribution in [0.4, 0.5) is 0 Å². The maximum Gasteiger partial charge on any atom is 0.0628 e. The van der Waals surface area contributed by atoms with Gasteiger partial charge in [0.15, 0.2) is 0 Å². The van der Waals surface area contributed by atoms with Crippen molar-refractivity contribution in [3.05, 3.63) is 17.0 Å². The second kappa shape index (κ2) is 6.34. The van der Waals surface area contributed by atoms with E-state index in [2.05, 4.69) is 29.2 Å². The van der Waals surface area contributed by atoms with Crippen LogP contribution in [0.25, 0.3) is 0 Å². The highest BCUT2D eigenvalue weighted by molar-refractivity contribution is 5.24. The highest BCUT2D eigenvalue weighted by Gasteiger charge is 2.10. The molecule has 102 valence electrons. The minimum absolute atomic E-state index is 1.15. The lowest BCUT2D eigenvalue weighted by atomic mass is 10.1. The van der Waals surface area contributed by atoms with Gasteiger partial charge in [0.05, 0.1) is 5.69 Å². The fraction of sp³-hybridized carbons (Fsp3) is 0.786. The molecular weight excluding hydrogens is 224 g/mol. The van der Waals surface area contributed by atoms with Gasteiger partial charge in [-0.15, -0.1) is 0 Å². The Bertz CT molecular complexity index is 377. The molecule has 1 saturated heterocycles. The molecule has 0 spiro atoms. The van der Waals surface area contributed by atoms with Crippen LogP contribution in [0.5, 0.6) is 0 Å². The van der Waals surface area contributed by atoms with Crippen molar-refractivity contribution < 1.29 is 0 Å². The van der Waals surface area contributed by atoms with E-state index in [-0.39, 0.29) is 0 Å². The Kier molecular flexibility index (Phi) is 4.78. The summed E-state index contributed by atoms with van der Waals surface area (Å²) in [6.07, 6.45) is 3.75. The zero-order valence-electron chi connectivity index (χ0n) is 12.0. The van der Waals surface area contributed by atoms with Gasteiger partial charge in [-0.25, -0.2) is 0 Å². The molecule has 1 aromatic rings. The summed E-state index contributed by atoms with van der Waals surface area (Å²) >= 11 is 0. The molecule has 0 saturated carbocycles. The lowest BCUT2D eigenvalue weighted by Gasteiger charge is -2.27. The first kappa shape index (κ1) is 13.6. The lowest BCUT2D eigenvalue weighted by Crippen LogP contribution is -2.43. The first-order valence-electron chi connectivity index (χ1n) is 7.10. The van der Waals surface area contributed by atoms with E-state index >= 15 is 0 Å². The predicted octanol–water partition coefficient (Wildman–Crippen LogP) is 1.26. The van der Waals surface area contributed by atoms with Gasteiger partial charge in [0, 0.05) is 38.9 Å². The van der Waals surface area contributed by atoms with Crippen LogP contribution < -0.4 is 5.32 Å². The molecule has 1 fully saturated rings. The summed E-state index contributed by atoms with van der Waals surface area (Å²) in [5, 5.41) is 7.87. The number of nitrogens with one attached hydrogen (secondary N) is 1. The number of nitrogens with zero attached hydrogens (tertiary/aromatic N) is 3. The van der Waals surface area contributed by atoms with Crippen molar-refractivity contribution >= 4 is 0 Å². The summed E-state index contributed by atoms with van der Waals surface area (Å²) in [4.78, 5) is 2.57. The van der Waals surface area contributed by atoms with Gasteiger partial charge in [0.1, 0.15) is 0 Å². The number of aromatic nitrogens is 2. The third kappa shape index (κ3) is 3.33. The normalized spacial score (nSPS) is 17.3. The Morgan fingerprint density at radius 3 is 2.50 bits per heavy atom. The second-order valence-corrected chi connectivity index (χ2v) is 5.32. The molecule has 1 aliphatic rings. The quantitative estimate of drug-likeness (QED) is 0.799. The van der Waals surface area contributed by atoms with Crippen LogP contribution in [-0.2, 0) is 13.5 Å². The summed E-state index contributed by atoms with van der Waals surface area (Å²) in [5.41, 5.74) is 3.99. The number of piperazine rings is 1. The molecule has 0 aromatic carbocycles. The zero-order valence-corrected chi connectivity index (χ0v) is 12.0. The van der Waals surface area contributed by atoms with E-state index in [9.17, 15) is 0 Å². The van der Waals surface area contributed by atoms with E-state index in [1.807, 2.05) is 11.7 Å². The van der Waals surface area contributed by atoms with Crippen molar-refractivity contribution in [2.24, 2.45) is 7.05 Å². The minimum atomic E-state index is 1.15. The van der Waals surface area contributed by atoms with Crippen molar-refractivity contribution in [3.63, 3.8) is 0 Å². The van der Waals surface area contributed by atoms with Crippen LogP contribution in [0.3, 0.4) is 0 Å². The average Bonchev–Trinajstić information content (AvgIpc) is 2.61. The molecule has 1 aromatic heterocycles. The molecule has 0 amide bonds. The molecular formula is C14H26N4. The minimum Gasteiger partial charge on any atom is -0.314 e. The largest absolute Gasteiger partial charge is 0.314 e. The molecule has 4 heteroatoms. The van der Waals surface area contributed by atoms with Crippen molar-refractivity contribution in [2.75, 3.05) is 32.7 Å². The monoisotopic (exact) mass is 250 g/mol. The lowest BCUT2D eigenvalue weighted by molar-refractivity contribution is 0.237. The summed E-state index contributed by atoms with van der Waals surface area (Å²) in [6, 6.07) is 0. The number of rotatable bonds is 5. The Morgan fingerprint density at radius 2 is 1.89 bits per heavy atom. The van der Waals surface area contributed by atoms with Gasteiger partial charge in [-0.05, 0) is 45.2 Å². The maximum absolute atomic E-state index is 4.48. The van der Waals surface area contributed by atoms with E-state index < -0.39 is 0 Å². The van der Waals surface area contributed by atoms with E-state index in [4.69, 9.17) is 0 Å².